The fourth-order valence-corrected chi connectivity index (χ4v) is 3.68. The lowest BCUT2D eigenvalue weighted by atomic mass is 9.87. The first-order valence-electron chi connectivity index (χ1n) is 9.05. The summed E-state index contributed by atoms with van der Waals surface area (Å²) in [5.41, 5.74) is 1.24. The van der Waals surface area contributed by atoms with Gasteiger partial charge in [0.25, 0.3) is 0 Å². The second-order valence-corrected chi connectivity index (χ2v) is 6.94. The Kier molecular flexibility index (Phi) is 5.91. The number of methoxy groups -OCH3 is 1. The number of guanidine groups is 1. The van der Waals surface area contributed by atoms with E-state index in [1.807, 2.05) is 0 Å². The van der Waals surface area contributed by atoms with E-state index < -0.39 is 0 Å². The molecule has 6 heteroatoms. The number of hydrogen-bond acceptors (Lipinski definition) is 3. The van der Waals surface area contributed by atoms with Crippen LogP contribution in [-0.4, -0.2) is 57.4 Å². The summed E-state index contributed by atoms with van der Waals surface area (Å²) in [5.74, 6) is 0.687. The molecule has 0 amide bonds. The monoisotopic (exact) mass is 349 g/mol. The molecule has 1 N–H and O–H groups in total. The highest BCUT2D eigenvalue weighted by atomic mass is 19.1. The molecule has 2 heterocycles. The zero-order valence-corrected chi connectivity index (χ0v) is 15.1. The third-order valence-corrected chi connectivity index (χ3v) is 5.19. The molecule has 0 bridgehead atoms. The topological polar surface area (TPSA) is 46.1 Å². The summed E-state index contributed by atoms with van der Waals surface area (Å²) < 4.78 is 24.3. The maximum atomic E-state index is 13.1. The van der Waals surface area contributed by atoms with E-state index in [9.17, 15) is 4.39 Å². The summed E-state index contributed by atoms with van der Waals surface area (Å²) in [5, 5.41) is 3.39. The first-order valence-corrected chi connectivity index (χ1v) is 9.05. The Morgan fingerprint density at radius 2 is 2.20 bits per heavy atom. The van der Waals surface area contributed by atoms with Crippen molar-refractivity contribution in [3.8, 4) is 0 Å². The number of halogens is 1. The molecular weight excluding hydrogens is 321 g/mol. The van der Waals surface area contributed by atoms with Gasteiger partial charge >= 0.3 is 0 Å². The molecule has 2 saturated heterocycles. The Hall–Kier alpha value is -1.66. The lowest BCUT2D eigenvalue weighted by molar-refractivity contribution is 0.110. The van der Waals surface area contributed by atoms with E-state index in [-0.39, 0.29) is 11.9 Å². The summed E-state index contributed by atoms with van der Waals surface area (Å²) in [7, 11) is 1.66. The third-order valence-electron chi connectivity index (χ3n) is 5.19. The van der Waals surface area contributed by atoms with Crippen LogP contribution in [0.2, 0.25) is 0 Å². The minimum absolute atomic E-state index is 0.180. The molecule has 0 aromatic heterocycles. The molecule has 2 aliphatic rings. The molecule has 0 aliphatic carbocycles. The van der Waals surface area contributed by atoms with Gasteiger partial charge in [0.05, 0.1) is 13.2 Å². The van der Waals surface area contributed by atoms with Crippen LogP contribution in [0, 0.1) is 11.2 Å². The van der Waals surface area contributed by atoms with Crippen molar-refractivity contribution in [1.29, 1.82) is 0 Å². The molecule has 2 unspecified atom stereocenters. The van der Waals surface area contributed by atoms with Crippen LogP contribution in [0.5, 0.6) is 0 Å². The van der Waals surface area contributed by atoms with Gasteiger partial charge in [0.2, 0.25) is 0 Å². The molecule has 0 radical (unpaired) electrons. The number of likely N-dealkylation sites (tertiary alicyclic amines) is 1. The quantitative estimate of drug-likeness (QED) is 0.656. The lowest BCUT2D eigenvalue weighted by Gasteiger charge is -2.25. The molecule has 2 atom stereocenters. The van der Waals surface area contributed by atoms with Gasteiger partial charge in [-0.2, -0.15) is 0 Å². The Balaban J connectivity index is 1.68. The van der Waals surface area contributed by atoms with E-state index in [0.717, 1.165) is 57.2 Å². The van der Waals surface area contributed by atoms with Crippen molar-refractivity contribution in [2.75, 3.05) is 46.5 Å². The smallest absolute Gasteiger partial charge is 0.194 e. The van der Waals surface area contributed by atoms with Crippen LogP contribution in [0.1, 0.15) is 31.4 Å². The average Bonchev–Trinajstić information content (AvgIpc) is 3.26. The lowest BCUT2D eigenvalue weighted by Crippen LogP contribution is -2.41. The fraction of sp³-hybridized carbons (Fsp3) is 0.632. The number of hydrogen-bond donors (Lipinski definition) is 1. The van der Waals surface area contributed by atoms with Crippen LogP contribution in [0.4, 0.5) is 4.39 Å². The summed E-state index contributed by atoms with van der Waals surface area (Å²) >= 11 is 0. The van der Waals surface area contributed by atoms with Gasteiger partial charge in [-0.05, 0) is 37.5 Å². The highest BCUT2D eigenvalue weighted by molar-refractivity contribution is 5.80. The van der Waals surface area contributed by atoms with E-state index >= 15 is 0 Å². The van der Waals surface area contributed by atoms with E-state index in [0.29, 0.717) is 12.0 Å². The average molecular weight is 349 g/mol. The number of rotatable bonds is 5. The fourth-order valence-electron chi connectivity index (χ4n) is 3.68. The molecular formula is C19H28FN3O2. The number of nitrogens with one attached hydrogen (secondary N) is 1. The van der Waals surface area contributed by atoms with Gasteiger partial charge in [0.15, 0.2) is 5.96 Å². The summed E-state index contributed by atoms with van der Waals surface area (Å²) in [6.07, 6.45) is 2.11. The van der Waals surface area contributed by atoms with Crippen LogP contribution < -0.4 is 5.32 Å². The van der Waals surface area contributed by atoms with Gasteiger partial charge in [-0.25, -0.2) is 4.39 Å². The van der Waals surface area contributed by atoms with E-state index in [1.54, 1.807) is 19.2 Å². The van der Waals surface area contributed by atoms with Crippen molar-refractivity contribution in [3.05, 3.63) is 35.6 Å². The molecule has 1 aromatic carbocycles. The van der Waals surface area contributed by atoms with Gasteiger partial charge in [-0.1, -0.05) is 12.1 Å². The summed E-state index contributed by atoms with van der Waals surface area (Å²) in [4.78, 5) is 7.12. The molecule has 0 saturated carbocycles. The largest absolute Gasteiger partial charge is 0.381 e. The predicted octanol–water partition coefficient (Wildman–Crippen LogP) is 2.59. The molecule has 2 fully saturated rings. The van der Waals surface area contributed by atoms with Crippen molar-refractivity contribution in [2.45, 2.75) is 25.9 Å². The van der Waals surface area contributed by atoms with Crippen LogP contribution in [0.15, 0.2) is 29.3 Å². The second kappa shape index (κ2) is 8.15. The molecule has 2 aliphatic heterocycles. The second-order valence-electron chi connectivity index (χ2n) is 6.94. The minimum Gasteiger partial charge on any atom is -0.381 e. The minimum atomic E-state index is -0.239. The summed E-state index contributed by atoms with van der Waals surface area (Å²) in [6, 6.07) is 6.43. The first-order chi connectivity index (χ1) is 12.2. The normalized spacial score (nSPS) is 24.9. The SMILES string of the molecule is CCNC(=NCC(OC)c1ccc(F)cc1)N1CCC2(CCOC2)C1. The molecule has 25 heavy (non-hydrogen) atoms. The Labute approximate surface area is 149 Å². The van der Waals surface area contributed by atoms with Crippen molar-refractivity contribution < 1.29 is 13.9 Å². The van der Waals surface area contributed by atoms with E-state index in [4.69, 9.17) is 14.5 Å². The molecule has 5 nitrogen and oxygen atoms in total. The Morgan fingerprint density at radius 1 is 1.40 bits per heavy atom. The highest BCUT2D eigenvalue weighted by Crippen LogP contribution is 2.38. The number of nitrogens with zero attached hydrogens (tertiary/aromatic N) is 2. The number of benzene rings is 1. The van der Waals surface area contributed by atoms with Gasteiger partial charge in [0, 0.05) is 38.8 Å². The van der Waals surface area contributed by atoms with Crippen LogP contribution >= 0.6 is 0 Å². The van der Waals surface area contributed by atoms with Gasteiger partial charge < -0.3 is 19.7 Å². The highest BCUT2D eigenvalue weighted by Gasteiger charge is 2.42. The first kappa shape index (κ1) is 18.1. The van der Waals surface area contributed by atoms with Crippen molar-refractivity contribution >= 4 is 5.96 Å². The molecule has 138 valence electrons. The van der Waals surface area contributed by atoms with Crippen LogP contribution in [0.3, 0.4) is 0 Å². The maximum Gasteiger partial charge on any atom is 0.194 e. The van der Waals surface area contributed by atoms with Crippen LogP contribution in [0.25, 0.3) is 0 Å². The molecule has 3 rings (SSSR count). The van der Waals surface area contributed by atoms with E-state index in [1.165, 1.54) is 12.1 Å². The summed E-state index contributed by atoms with van der Waals surface area (Å²) in [6.45, 7) is 7.14. The molecule has 1 spiro atoms. The maximum absolute atomic E-state index is 13.1. The zero-order chi connectivity index (χ0) is 17.7. The molecule has 1 aromatic rings. The van der Waals surface area contributed by atoms with E-state index in [2.05, 4.69) is 17.1 Å². The number of ether oxygens (including phenoxy) is 2. The van der Waals surface area contributed by atoms with Crippen molar-refractivity contribution in [2.24, 2.45) is 10.4 Å². The Morgan fingerprint density at radius 3 is 2.84 bits per heavy atom. The zero-order valence-electron chi connectivity index (χ0n) is 15.1. The predicted molar refractivity (Wildman–Crippen MR) is 96.2 cm³/mol. The third kappa shape index (κ3) is 4.30. The number of aliphatic imine (C=N–C) groups is 1. The standard InChI is InChI=1S/C19H28FN3O2/c1-3-21-18(23-10-8-19(13-23)9-11-25-14-19)22-12-17(24-2)15-4-6-16(20)7-5-15/h4-7,17H,3,8-14H2,1-2H3,(H,21,22). The van der Waals surface area contributed by atoms with Gasteiger partial charge in [-0.3, -0.25) is 4.99 Å². The van der Waals surface area contributed by atoms with Crippen molar-refractivity contribution in [3.63, 3.8) is 0 Å². The van der Waals surface area contributed by atoms with Crippen LogP contribution in [-0.2, 0) is 9.47 Å². The van der Waals surface area contributed by atoms with Crippen molar-refractivity contribution in [1.82, 2.24) is 10.2 Å². The van der Waals surface area contributed by atoms with Gasteiger partial charge in [-0.15, -0.1) is 0 Å². The van der Waals surface area contributed by atoms with Gasteiger partial charge in [0.1, 0.15) is 11.9 Å². The Bertz CT molecular complexity index is 585.